The van der Waals surface area contributed by atoms with Crippen molar-refractivity contribution in [2.24, 2.45) is 0 Å². The summed E-state index contributed by atoms with van der Waals surface area (Å²) in [7, 11) is 1.83. The van der Waals surface area contributed by atoms with E-state index < -0.39 is 0 Å². The minimum absolute atomic E-state index is 0.00384. The number of amides is 2. The normalized spacial score (nSPS) is 20.2. The molecule has 2 heterocycles. The Kier molecular flexibility index (Phi) is 9.37. The van der Waals surface area contributed by atoms with E-state index in [1.807, 2.05) is 20.9 Å². The van der Waals surface area contributed by atoms with Crippen molar-refractivity contribution in [2.75, 3.05) is 26.7 Å². The van der Waals surface area contributed by atoms with Crippen LogP contribution in [0.2, 0.25) is 0 Å². The molecule has 1 saturated heterocycles. The number of carbonyl (C=O) groups excluding carboxylic acids is 1. The van der Waals surface area contributed by atoms with Gasteiger partial charge in [-0.05, 0) is 32.2 Å². The molecule has 0 bridgehead atoms. The van der Waals surface area contributed by atoms with Crippen LogP contribution in [0.1, 0.15) is 70.0 Å². The van der Waals surface area contributed by atoms with Gasteiger partial charge in [0.2, 0.25) is 5.89 Å². The summed E-state index contributed by atoms with van der Waals surface area (Å²) >= 11 is 0. The Morgan fingerprint density at radius 1 is 1.34 bits per heavy atom. The topological polar surface area (TPSA) is 112 Å². The van der Waals surface area contributed by atoms with Crippen molar-refractivity contribution in [3.8, 4) is 0 Å². The summed E-state index contributed by atoms with van der Waals surface area (Å²) in [6, 6.07) is 0.994. The second kappa shape index (κ2) is 11.7. The Morgan fingerprint density at radius 3 is 2.66 bits per heavy atom. The first-order chi connectivity index (χ1) is 13.9. The van der Waals surface area contributed by atoms with Gasteiger partial charge >= 0.3 is 6.03 Å². The highest BCUT2D eigenvalue weighted by Crippen LogP contribution is 2.26. The third-order valence-electron chi connectivity index (χ3n) is 5.62. The van der Waals surface area contributed by atoms with Crippen molar-refractivity contribution in [2.45, 2.75) is 76.8 Å². The van der Waals surface area contributed by atoms with Crippen LogP contribution in [-0.2, 0) is 11.2 Å². The number of hydrogen-bond acceptors (Lipinski definition) is 6. The second-order valence-electron chi connectivity index (χ2n) is 8.20. The van der Waals surface area contributed by atoms with Gasteiger partial charge in [-0.3, -0.25) is 9.69 Å². The molecule has 164 valence electrons. The standard InChI is InChI=1S/C19H33N5O2.CH2O2/c1-14(2)18-21-17(22-26-18)10-12-23(3)19(25)20-15-7-6-11-24(13-15)16-8-4-5-9-16;2-1-3/h14-16H,4-13H2,1-3H3,(H,20,25);1H,(H,2,3). The molecule has 9 nitrogen and oxygen atoms in total. The van der Waals surface area contributed by atoms with E-state index in [2.05, 4.69) is 20.4 Å². The maximum Gasteiger partial charge on any atom is 0.317 e. The van der Waals surface area contributed by atoms with E-state index in [0.29, 0.717) is 24.7 Å². The zero-order valence-electron chi connectivity index (χ0n) is 17.8. The van der Waals surface area contributed by atoms with Gasteiger partial charge in [0.1, 0.15) is 0 Å². The minimum atomic E-state index is -0.250. The molecule has 0 spiro atoms. The van der Waals surface area contributed by atoms with Crippen LogP contribution in [0.3, 0.4) is 0 Å². The minimum Gasteiger partial charge on any atom is -0.483 e. The summed E-state index contributed by atoms with van der Waals surface area (Å²) in [5.74, 6) is 1.55. The monoisotopic (exact) mass is 409 g/mol. The SMILES string of the molecule is CC(C)c1nc(CCN(C)C(=O)NC2CCCN(C3CCCC3)C2)no1.O=CO. The number of hydrogen-bond donors (Lipinski definition) is 2. The molecule has 1 saturated carbocycles. The lowest BCUT2D eigenvalue weighted by molar-refractivity contribution is -0.122. The highest BCUT2D eigenvalue weighted by atomic mass is 16.5. The van der Waals surface area contributed by atoms with Crippen LogP contribution >= 0.6 is 0 Å². The zero-order chi connectivity index (χ0) is 21.2. The predicted molar refractivity (Wildman–Crippen MR) is 109 cm³/mol. The van der Waals surface area contributed by atoms with Crippen molar-refractivity contribution in [3.05, 3.63) is 11.7 Å². The number of likely N-dealkylation sites (tertiary alicyclic amines) is 1. The Morgan fingerprint density at radius 2 is 2.03 bits per heavy atom. The number of carboxylic acid groups (broad SMARTS) is 1. The summed E-state index contributed by atoms with van der Waals surface area (Å²) in [5.41, 5.74) is 0. The van der Waals surface area contributed by atoms with Crippen molar-refractivity contribution in [3.63, 3.8) is 0 Å². The number of nitrogens with one attached hydrogen (secondary N) is 1. The van der Waals surface area contributed by atoms with E-state index in [0.717, 1.165) is 19.0 Å². The summed E-state index contributed by atoms with van der Waals surface area (Å²) in [6.45, 7) is 6.56. The fourth-order valence-electron chi connectivity index (χ4n) is 3.98. The van der Waals surface area contributed by atoms with Crippen LogP contribution in [0.5, 0.6) is 0 Å². The first-order valence-electron chi connectivity index (χ1n) is 10.6. The Hall–Kier alpha value is -2.16. The molecule has 1 aliphatic heterocycles. The van der Waals surface area contributed by atoms with Crippen LogP contribution in [-0.4, -0.2) is 76.3 Å². The first-order valence-corrected chi connectivity index (χ1v) is 10.6. The van der Waals surface area contributed by atoms with Crippen LogP contribution in [0, 0.1) is 0 Å². The second-order valence-corrected chi connectivity index (χ2v) is 8.20. The van der Waals surface area contributed by atoms with Gasteiger partial charge in [-0.1, -0.05) is 31.8 Å². The molecule has 1 atom stereocenters. The third kappa shape index (κ3) is 7.30. The Labute approximate surface area is 172 Å². The number of piperidine rings is 1. The van der Waals surface area contributed by atoms with Gasteiger partial charge in [0.25, 0.3) is 6.47 Å². The molecule has 9 heteroatoms. The van der Waals surface area contributed by atoms with Gasteiger partial charge in [0.15, 0.2) is 5.82 Å². The van der Waals surface area contributed by atoms with E-state index >= 15 is 0 Å². The molecule has 2 fully saturated rings. The fourth-order valence-corrected chi connectivity index (χ4v) is 3.98. The maximum atomic E-state index is 12.5. The van der Waals surface area contributed by atoms with Crippen LogP contribution in [0.25, 0.3) is 0 Å². The maximum absolute atomic E-state index is 12.5. The molecule has 0 aromatic carbocycles. The Bertz CT molecular complexity index is 630. The fraction of sp³-hybridized carbons (Fsp3) is 0.800. The summed E-state index contributed by atoms with van der Waals surface area (Å²) in [6.07, 6.45) is 8.22. The predicted octanol–water partition coefficient (Wildman–Crippen LogP) is 2.48. The number of aromatic nitrogens is 2. The average Bonchev–Trinajstić information content (AvgIpc) is 3.39. The number of rotatable bonds is 6. The molecular formula is C20H35N5O4. The zero-order valence-corrected chi connectivity index (χ0v) is 17.8. The third-order valence-corrected chi connectivity index (χ3v) is 5.62. The van der Waals surface area contributed by atoms with Crippen LogP contribution in [0.4, 0.5) is 4.79 Å². The van der Waals surface area contributed by atoms with Crippen LogP contribution < -0.4 is 5.32 Å². The molecule has 2 amide bonds. The van der Waals surface area contributed by atoms with Gasteiger partial charge < -0.3 is 19.8 Å². The molecule has 2 N–H and O–H groups in total. The molecule has 1 aromatic rings. The van der Waals surface area contributed by atoms with E-state index in [-0.39, 0.29) is 24.5 Å². The van der Waals surface area contributed by atoms with Gasteiger partial charge in [0.05, 0.1) is 0 Å². The van der Waals surface area contributed by atoms with E-state index in [1.165, 1.54) is 38.6 Å². The van der Waals surface area contributed by atoms with Crippen molar-refractivity contribution in [1.82, 2.24) is 25.3 Å². The first kappa shape index (κ1) is 23.1. The number of nitrogens with zero attached hydrogens (tertiary/aromatic N) is 4. The van der Waals surface area contributed by atoms with Crippen LogP contribution in [0.15, 0.2) is 4.52 Å². The molecule has 1 unspecified atom stereocenters. The Balaban J connectivity index is 0.000000941. The molecule has 0 radical (unpaired) electrons. The summed E-state index contributed by atoms with van der Waals surface area (Å²) < 4.78 is 5.22. The molecule has 1 aliphatic carbocycles. The van der Waals surface area contributed by atoms with Crippen molar-refractivity contribution >= 4 is 12.5 Å². The van der Waals surface area contributed by atoms with Gasteiger partial charge in [-0.25, -0.2) is 4.79 Å². The summed E-state index contributed by atoms with van der Waals surface area (Å²) in [5, 5.41) is 14.1. The molecular weight excluding hydrogens is 374 g/mol. The number of likely N-dealkylation sites (N-methyl/N-ethyl adjacent to an activating group) is 1. The lowest BCUT2D eigenvalue weighted by atomic mass is 10.0. The van der Waals surface area contributed by atoms with E-state index in [4.69, 9.17) is 14.4 Å². The van der Waals surface area contributed by atoms with Gasteiger partial charge in [-0.15, -0.1) is 0 Å². The molecule has 2 aliphatic rings. The highest BCUT2D eigenvalue weighted by molar-refractivity contribution is 5.74. The highest BCUT2D eigenvalue weighted by Gasteiger charge is 2.29. The lowest BCUT2D eigenvalue weighted by Gasteiger charge is -2.37. The van der Waals surface area contributed by atoms with E-state index in [1.54, 1.807) is 4.90 Å². The van der Waals surface area contributed by atoms with E-state index in [9.17, 15) is 4.79 Å². The van der Waals surface area contributed by atoms with Gasteiger partial charge in [0, 0.05) is 44.6 Å². The smallest absolute Gasteiger partial charge is 0.317 e. The number of urea groups is 1. The quantitative estimate of drug-likeness (QED) is 0.694. The average molecular weight is 410 g/mol. The molecule has 29 heavy (non-hydrogen) atoms. The van der Waals surface area contributed by atoms with Gasteiger partial charge in [-0.2, -0.15) is 4.98 Å². The lowest BCUT2D eigenvalue weighted by Crippen LogP contribution is -2.52. The van der Waals surface area contributed by atoms with Crippen molar-refractivity contribution in [1.29, 1.82) is 0 Å². The molecule has 1 aromatic heterocycles. The summed E-state index contributed by atoms with van der Waals surface area (Å²) in [4.78, 5) is 29.5. The largest absolute Gasteiger partial charge is 0.483 e. The molecule has 3 rings (SSSR count). The van der Waals surface area contributed by atoms with Crippen molar-refractivity contribution < 1.29 is 19.2 Å². The number of carbonyl (C=O) groups is 2.